The Balaban J connectivity index is 4.45. The van der Waals surface area contributed by atoms with Crippen LogP contribution in [-0.4, -0.2) is 34.4 Å². The van der Waals surface area contributed by atoms with E-state index in [0.717, 1.165) is 0 Å². The van der Waals surface area contributed by atoms with Crippen LogP contribution in [0.3, 0.4) is 0 Å². The van der Waals surface area contributed by atoms with Crippen molar-refractivity contribution in [3.8, 4) is 0 Å². The van der Waals surface area contributed by atoms with Crippen molar-refractivity contribution in [1.82, 2.24) is 0 Å². The van der Waals surface area contributed by atoms with Crippen molar-refractivity contribution in [3.05, 3.63) is 12.7 Å². The van der Waals surface area contributed by atoms with Gasteiger partial charge >= 0.3 is 8.80 Å². The number of ketones is 1. The predicted octanol–water partition coefficient (Wildman–Crippen LogP) is 2.18. The molecule has 0 aliphatic carbocycles. The first-order valence-electron chi connectivity index (χ1n) is 5.71. The molecule has 94 valence electrons. The summed E-state index contributed by atoms with van der Waals surface area (Å²) in [4.78, 5) is 11.2. The standard InChI is InChI=1S/C11H22O4Si/c1-5-11(12)9-10-16(13-6-2,14-7-3)15-8-4/h5H,1,6-10H2,2-4H3. The second kappa shape index (κ2) is 8.64. The molecule has 0 amide bonds. The third kappa shape index (κ3) is 5.55. The summed E-state index contributed by atoms with van der Waals surface area (Å²) < 4.78 is 16.8. The quantitative estimate of drug-likeness (QED) is 0.438. The van der Waals surface area contributed by atoms with Crippen molar-refractivity contribution >= 4 is 14.6 Å². The summed E-state index contributed by atoms with van der Waals surface area (Å²) in [7, 11) is -2.64. The van der Waals surface area contributed by atoms with E-state index in [1.165, 1.54) is 6.08 Å². The van der Waals surface area contributed by atoms with E-state index >= 15 is 0 Å². The van der Waals surface area contributed by atoms with Crippen molar-refractivity contribution in [2.45, 2.75) is 33.2 Å². The minimum absolute atomic E-state index is 0.00372. The Morgan fingerprint density at radius 2 is 1.56 bits per heavy atom. The Bertz CT molecular complexity index is 201. The summed E-state index contributed by atoms with van der Waals surface area (Å²) >= 11 is 0. The number of hydrogen-bond acceptors (Lipinski definition) is 4. The van der Waals surface area contributed by atoms with Crippen LogP contribution >= 0.6 is 0 Å². The lowest BCUT2D eigenvalue weighted by Crippen LogP contribution is -2.46. The molecule has 0 aromatic carbocycles. The largest absolute Gasteiger partial charge is 0.501 e. The molecule has 0 heterocycles. The average Bonchev–Trinajstić information content (AvgIpc) is 2.27. The summed E-state index contributed by atoms with van der Waals surface area (Å²) in [6.07, 6.45) is 1.69. The van der Waals surface area contributed by atoms with Gasteiger partial charge in [0.25, 0.3) is 0 Å². The molecule has 0 spiro atoms. The molecule has 0 aliphatic heterocycles. The van der Waals surface area contributed by atoms with E-state index in [1.807, 2.05) is 20.8 Å². The van der Waals surface area contributed by atoms with E-state index in [0.29, 0.717) is 32.3 Å². The van der Waals surface area contributed by atoms with Gasteiger partial charge in [0.15, 0.2) is 5.78 Å². The van der Waals surface area contributed by atoms with Crippen molar-refractivity contribution < 1.29 is 18.1 Å². The van der Waals surface area contributed by atoms with Crippen LogP contribution in [0.5, 0.6) is 0 Å². The highest BCUT2D eigenvalue weighted by Crippen LogP contribution is 2.18. The lowest BCUT2D eigenvalue weighted by atomic mass is 10.3. The second-order valence-corrected chi connectivity index (χ2v) is 5.88. The molecule has 0 fully saturated rings. The summed E-state index contributed by atoms with van der Waals surface area (Å²) in [5.41, 5.74) is 0. The highest BCUT2D eigenvalue weighted by molar-refractivity contribution is 6.61. The van der Waals surface area contributed by atoms with E-state index < -0.39 is 8.80 Å². The van der Waals surface area contributed by atoms with Gasteiger partial charge in [-0.3, -0.25) is 4.79 Å². The molecule has 16 heavy (non-hydrogen) atoms. The minimum atomic E-state index is -2.64. The minimum Gasteiger partial charge on any atom is -0.374 e. The predicted molar refractivity (Wildman–Crippen MR) is 65.3 cm³/mol. The van der Waals surface area contributed by atoms with Crippen molar-refractivity contribution in [2.75, 3.05) is 19.8 Å². The van der Waals surface area contributed by atoms with Gasteiger partial charge in [0.05, 0.1) is 0 Å². The van der Waals surface area contributed by atoms with Crippen LogP contribution < -0.4 is 0 Å². The third-order valence-corrected chi connectivity index (χ3v) is 5.05. The first-order valence-corrected chi connectivity index (χ1v) is 7.64. The first kappa shape index (κ1) is 15.5. The molecule has 0 aromatic rings. The maximum absolute atomic E-state index is 11.2. The second-order valence-electron chi connectivity index (χ2n) is 3.15. The van der Waals surface area contributed by atoms with E-state index in [-0.39, 0.29) is 5.78 Å². The number of hydrogen-bond donors (Lipinski definition) is 0. The van der Waals surface area contributed by atoms with Gasteiger partial charge in [0.1, 0.15) is 0 Å². The molecule has 0 aliphatic rings. The topological polar surface area (TPSA) is 44.8 Å². The Labute approximate surface area is 99.0 Å². The molecule has 0 N–H and O–H groups in total. The molecule has 0 saturated heterocycles. The number of carbonyl (C=O) groups is 1. The van der Waals surface area contributed by atoms with Crippen molar-refractivity contribution in [2.24, 2.45) is 0 Å². The molecule has 0 bridgehead atoms. The summed E-state index contributed by atoms with van der Waals surface area (Å²) in [6.45, 7) is 10.7. The van der Waals surface area contributed by atoms with Gasteiger partial charge in [-0.05, 0) is 26.8 Å². The van der Waals surface area contributed by atoms with Gasteiger partial charge in [0.2, 0.25) is 0 Å². The maximum atomic E-state index is 11.2. The highest BCUT2D eigenvalue weighted by atomic mass is 28.4. The monoisotopic (exact) mass is 246 g/mol. The van der Waals surface area contributed by atoms with Crippen molar-refractivity contribution in [3.63, 3.8) is 0 Å². The average molecular weight is 246 g/mol. The SMILES string of the molecule is C=CC(=O)CC[Si](OCC)(OCC)OCC. The number of allylic oxidation sites excluding steroid dienone is 1. The zero-order valence-corrected chi connectivity index (χ0v) is 11.5. The number of carbonyl (C=O) groups excluding carboxylic acids is 1. The molecule has 5 heteroatoms. The molecular weight excluding hydrogens is 224 g/mol. The van der Waals surface area contributed by atoms with Gasteiger partial charge in [0, 0.05) is 32.3 Å². The zero-order valence-electron chi connectivity index (χ0n) is 10.5. The molecule has 0 atom stereocenters. The van der Waals surface area contributed by atoms with E-state index in [2.05, 4.69) is 6.58 Å². The van der Waals surface area contributed by atoms with Crippen LogP contribution in [0.1, 0.15) is 27.2 Å². The summed E-state index contributed by atoms with van der Waals surface area (Å²) in [5, 5.41) is 0. The molecule has 4 nitrogen and oxygen atoms in total. The Kier molecular flexibility index (Phi) is 8.37. The van der Waals surface area contributed by atoms with Crippen molar-refractivity contribution in [1.29, 1.82) is 0 Å². The van der Waals surface area contributed by atoms with E-state index in [1.54, 1.807) is 0 Å². The van der Waals surface area contributed by atoms with E-state index in [9.17, 15) is 4.79 Å². The Morgan fingerprint density at radius 3 is 1.88 bits per heavy atom. The smallest absolute Gasteiger partial charge is 0.374 e. The van der Waals surface area contributed by atoms with Gasteiger partial charge in [-0.15, -0.1) is 0 Å². The van der Waals surface area contributed by atoms with Crippen LogP contribution in [0.2, 0.25) is 6.04 Å². The maximum Gasteiger partial charge on any atom is 0.501 e. The van der Waals surface area contributed by atoms with Gasteiger partial charge < -0.3 is 13.3 Å². The fraction of sp³-hybridized carbons (Fsp3) is 0.727. The molecule has 0 rings (SSSR count). The van der Waals surface area contributed by atoms with Crippen LogP contribution in [0.4, 0.5) is 0 Å². The molecule has 0 aromatic heterocycles. The lowest BCUT2D eigenvalue weighted by molar-refractivity contribution is -0.114. The third-order valence-electron chi connectivity index (χ3n) is 2.00. The molecular formula is C11H22O4Si. The molecule has 0 unspecified atom stereocenters. The Morgan fingerprint density at radius 1 is 1.12 bits per heavy atom. The summed E-state index contributed by atoms with van der Waals surface area (Å²) in [5.74, 6) is -0.00372. The zero-order chi connectivity index (χ0) is 12.4. The van der Waals surface area contributed by atoms with Gasteiger partial charge in [-0.25, -0.2) is 0 Å². The summed E-state index contributed by atoms with van der Waals surface area (Å²) in [6, 6.07) is 0.521. The van der Waals surface area contributed by atoms with Gasteiger partial charge in [-0.1, -0.05) is 6.58 Å². The highest BCUT2D eigenvalue weighted by Gasteiger charge is 2.40. The molecule has 0 radical (unpaired) electrons. The number of rotatable bonds is 10. The van der Waals surface area contributed by atoms with Crippen LogP contribution in [0, 0.1) is 0 Å². The normalized spacial score (nSPS) is 11.4. The first-order chi connectivity index (χ1) is 7.64. The Hall–Kier alpha value is -0.493. The van der Waals surface area contributed by atoms with Crippen LogP contribution in [0.25, 0.3) is 0 Å². The lowest BCUT2D eigenvalue weighted by Gasteiger charge is -2.28. The van der Waals surface area contributed by atoms with Crippen LogP contribution in [-0.2, 0) is 18.1 Å². The fourth-order valence-electron chi connectivity index (χ4n) is 1.38. The van der Waals surface area contributed by atoms with Crippen LogP contribution in [0.15, 0.2) is 12.7 Å². The van der Waals surface area contributed by atoms with Gasteiger partial charge in [-0.2, -0.15) is 0 Å². The fourth-order valence-corrected chi connectivity index (χ4v) is 3.93. The van der Waals surface area contributed by atoms with E-state index in [4.69, 9.17) is 13.3 Å². The molecule has 0 saturated carbocycles.